The molecule has 1 unspecified atom stereocenters. The van der Waals surface area contributed by atoms with Crippen LogP contribution in [-0.2, 0) is 16.1 Å². The zero-order valence-electron chi connectivity index (χ0n) is 14.1. The zero-order valence-corrected chi connectivity index (χ0v) is 14.9. The fourth-order valence-corrected chi connectivity index (χ4v) is 3.03. The van der Waals surface area contributed by atoms with E-state index in [1.165, 1.54) is 11.8 Å². The summed E-state index contributed by atoms with van der Waals surface area (Å²) in [7, 11) is 0. The average molecular weight is 339 g/mol. The number of amides is 2. The first-order chi connectivity index (χ1) is 10.7. The van der Waals surface area contributed by atoms with Crippen molar-refractivity contribution in [2.24, 2.45) is 5.73 Å². The van der Waals surface area contributed by atoms with Crippen molar-refractivity contribution in [2.45, 2.75) is 75.4 Å². The molecule has 128 valence electrons. The molecule has 0 aromatic carbocycles. The van der Waals surface area contributed by atoms with Crippen molar-refractivity contribution in [3.63, 3.8) is 0 Å². The van der Waals surface area contributed by atoms with Gasteiger partial charge >= 0.3 is 0 Å². The van der Waals surface area contributed by atoms with Crippen LogP contribution in [-0.4, -0.2) is 37.4 Å². The topological polar surface area (TPSA) is 103 Å². The second-order valence-corrected chi connectivity index (χ2v) is 8.29. The number of carbonyl (C=O) groups is 2. The van der Waals surface area contributed by atoms with Crippen LogP contribution in [0.15, 0.2) is 5.16 Å². The summed E-state index contributed by atoms with van der Waals surface area (Å²) in [6, 6.07) is 0. The summed E-state index contributed by atoms with van der Waals surface area (Å²) in [5, 5.41) is 11.8. The Morgan fingerprint density at radius 2 is 2.04 bits per heavy atom. The average Bonchev–Trinajstić information content (AvgIpc) is 3.17. The number of hydrogen-bond donors (Lipinski definition) is 2. The van der Waals surface area contributed by atoms with E-state index in [9.17, 15) is 9.59 Å². The lowest BCUT2D eigenvalue weighted by molar-refractivity contribution is -0.121. The molecule has 0 spiro atoms. The summed E-state index contributed by atoms with van der Waals surface area (Å²) in [4.78, 5) is 23.3. The highest BCUT2D eigenvalue weighted by atomic mass is 32.2. The largest absolute Gasteiger partial charge is 0.370 e. The Morgan fingerprint density at radius 3 is 2.57 bits per heavy atom. The van der Waals surface area contributed by atoms with E-state index in [4.69, 9.17) is 5.73 Å². The Kier molecular flexibility index (Phi) is 5.33. The monoisotopic (exact) mass is 339 g/mol. The van der Waals surface area contributed by atoms with Crippen LogP contribution in [0.3, 0.4) is 0 Å². The molecule has 1 heterocycles. The molecule has 1 aliphatic rings. The number of nitrogens with one attached hydrogen (secondary N) is 1. The van der Waals surface area contributed by atoms with Crippen molar-refractivity contribution < 1.29 is 9.59 Å². The molecule has 1 aromatic rings. The molecule has 1 fully saturated rings. The predicted molar refractivity (Wildman–Crippen MR) is 89.0 cm³/mol. The maximum atomic E-state index is 12.2. The first kappa shape index (κ1) is 17.8. The predicted octanol–water partition coefficient (Wildman–Crippen LogP) is 1.43. The summed E-state index contributed by atoms with van der Waals surface area (Å²) < 4.78 is 1.94. The van der Waals surface area contributed by atoms with Gasteiger partial charge in [0.25, 0.3) is 0 Å². The normalized spacial score (nSPS) is 16.2. The van der Waals surface area contributed by atoms with Crippen LogP contribution in [0.4, 0.5) is 0 Å². The van der Waals surface area contributed by atoms with Gasteiger partial charge in [-0.05, 0) is 40.5 Å². The van der Waals surface area contributed by atoms with Crippen molar-refractivity contribution in [3.8, 4) is 0 Å². The maximum Gasteiger partial charge on any atom is 0.233 e. The highest BCUT2D eigenvalue weighted by Gasteiger charge is 2.31. The van der Waals surface area contributed by atoms with E-state index in [1.807, 2.05) is 32.3 Å². The molecule has 1 aliphatic carbocycles. The van der Waals surface area contributed by atoms with E-state index in [1.54, 1.807) is 0 Å². The molecule has 7 nitrogen and oxygen atoms in total. The fourth-order valence-electron chi connectivity index (χ4n) is 2.15. The number of carbonyl (C=O) groups excluding carboxylic acids is 2. The summed E-state index contributed by atoms with van der Waals surface area (Å²) in [5.41, 5.74) is 4.98. The van der Waals surface area contributed by atoms with E-state index in [-0.39, 0.29) is 29.0 Å². The Labute approximate surface area is 140 Å². The third-order valence-electron chi connectivity index (χ3n) is 3.42. The van der Waals surface area contributed by atoms with E-state index < -0.39 is 0 Å². The van der Waals surface area contributed by atoms with Gasteiger partial charge in [0.15, 0.2) is 5.16 Å². The fraction of sp³-hybridized carbons (Fsp3) is 0.733. The minimum atomic E-state index is -0.352. The number of nitrogens with two attached hydrogens (primary N) is 1. The quantitative estimate of drug-likeness (QED) is 0.732. The number of aromatic nitrogens is 3. The van der Waals surface area contributed by atoms with E-state index in [2.05, 4.69) is 15.5 Å². The zero-order chi connectivity index (χ0) is 17.2. The Bertz CT molecular complexity index is 589. The molecule has 3 N–H and O–H groups in total. The first-order valence-electron chi connectivity index (χ1n) is 7.87. The van der Waals surface area contributed by atoms with Gasteiger partial charge in [-0.25, -0.2) is 0 Å². The number of primary amides is 1. The van der Waals surface area contributed by atoms with Crippen LogP contribution < -0.4 is 11.1 Å². The summed E-state index contributed by atoms with van der Waals surface area (Å²) in [6.45, 7) is 8.15. The molecular formula is C15H25N5O2S. The van der Waals surface area contributed by atoms with Crippen LogP contribution in [0.1, 0.15) is 58.7 Å². The SMILES string of the molecule is CC(Sc1nnc(C2CC2)n1CCC(N)=O)C(=O)NC(C)(C)C. The van der Waals surface area contributed by atoms with Gasteiger partial charge in [0.2, 0.25) is 11.8 Å². The summed E-state index contributed by atoms with van der Waals surface area (Å²) in [5.74, 6) is 0.926. The molecular weight excluding hydrogens is 314 g/mol. The molecule has 0 saturated heterocycles. The highest BCUT2D eigenvalue weighted by molar-refractivity contribution is 8.00. The van der Waals surface area contributed by atoms with Gasteiger partial charge < -0.3 is 15.6 Å². The van der Waals surface area contributed by atoms with Crippen molar-refractivity contribution in [2.75, 3.05) is 0 Å². The number of nitrogens with zero attached hydrogens (tertiary/aromatic N) is 3. The van der Waals surface area contributed by atoms with Crippen LogP contribution >= 0.6 is 11.8 Å². The van der Waals surface area contributed by atoms with Gasteiger partial charge in [-0.2, -0.15) is 0 Å². The summed E-state index contributed by atoms with van der Waals surface area (Å²) >= 11 is 1.36. The van der Waals surface area contributed by atoms with E-state index >= 15 is 0 Å². The number of thioether (sulfide) groups is 1. The lowest BCUT2D eigenvalue weighted by Crippen LogP contribution is -2.44. The molecule has 0 radical (unpaired) electrons. The molecule has 2 rings (SSSR count). The molecule has 0 bridgehead atoms. The summed E-state index contributed by atoms with van der Waals surface area (Å²) in [6.07, 6.45) is 2.44. The van der Waals surface area contributed by atoms with Crippen molar-refractivity contribution in [3.05, 3.63) is 5.82 Å². The van der Waals surface area contributed by atoms with E-state index in [0.717, 1.165) is 18.7 Å². The standard InChI is InChI=1S/C15H25N5O2S/c1-9(13(22)17-15(2,3)4)23-14-19-18-12(10-5-6-10)20(14)8-7-11(16)21/h9-10H,5-8H2,1-4H3,(H2,16,21)(H,17,22). The molecule has 2 amide bonds. The first-order valence-corrected chi connectivity index (χ1v) is 8.75. The van der Waals surface area contributed by atoms with Gasteiger partial charge in [-0.3, -0.25) is 9.59 Å². The third kappa shape index (κ3) is 5.23. The van der Waals surface area contributed by atoms with Crippen LogP contribution in [0.5, 0.6) is 0 Å². The van der Waals surface area contributed by atoms with Crippen molar-refractivity contribution in [1.82, 2.24) is 20.1 Å². The lowest BCUT2D eigenvalue weighted by Gasteiger charge is -2.23. The molecule has 23 heavy (non-hydrogen) atoms. The van der Waals surface area contributed by atoms with Gasteiger partial charge in [0.1, 0.15) is 5.82 Å². The third-order valence-corrected chi connectivity index (χ3v) is 4.50. The van der Waals surface area contributed by atoms with Gasteiger partial charge in [-0.15, -0.1) is 10.2 Å². The molecule has 1 saturated carbocycles. The van der Waals surface area contributed by atoms with Gasteiger partial charge in [0.05, 0.1) is 5.25 Å². The second-order valence-electron chi connectivity index (χ2n) is 6.98. The van der Waals surface area contributed by atoms with Crippen LogP contribution in [0.2, 0.25) is 0 Å². The molecule has 0 aliphatic heterocycles. The van der Waals surface area contributed by atoms with Crippen molar-refractivity contribution in [1.29, 1.82) is 0 Å². The van der Waals surface area contributed by atoms with Crippen molar-refractivity contribution >= 4 is 23.6 Å². The Morgan fingerprint density at radius 1 is 1.39 bits per heavy atom. The molecule has 1 aromatic heterocycles. The second kappa shape index (κ2) is 6.90. The van der Waals surface area contributed by atoms with E-state index in [0.29, 0.717) is 17.6 Å². The van der Waals surface area contributed by atoms with Crippen LogP contribution in [0.25, 0.3) is 0 Å². The van der Waals surface area contributed by atoms with Crippen LogP contribution in [0, 0.1) is 0 Å². The lowest BCUT2D eigenvalue weighted by atomic mass is 10.1. The van der Waals surface area contributed by atoms with Gasteiger partial charge in [-0.1, -0.05) is 11.8 Å². The molecule has 8 heteroatoms. The number of rotatable bonds is 7. The molecule has 1 atom stereocenters. The number of hydrogen-bond acceptors (Lipinski definition) is 5. The smallest absolute Gasteiger partial charge is 0.233 e. The Balaban J connectivity index is 2.09. The van der Waals surface area contributed by atoms with Gasteiger partial charge in [0, 0.05) is 24.4 Å². The maximum absolute atomic E-state index is 12.2. The Hall–Kier alpha value is -1.57. The minimum Gasteiger partial charge on any atom is -0.370 e. The highest BCUT2D eigenvalue weighted by Crippen LogP contribution is 2.40. The minimum absolute atomic E-state index is 0.0417.